The number of aromatic nitrogens is 2. The second-order valence-corrected chi connectivity index (χ2v) is 7.55. The Hall–Kier alpha value is -3.45. The molecule has 4 rings (SSSR count). The minimum Gasteiger partial charge on any atom is -0.497 e. The zero-order valence-electron chi connectivity index (χ0n) is 16.5. The number of benzene rings is 2. The van der Waals surface area contributed by atoms with Crippen LogP contribution in [0.1, 0.15) is 12.1 Å². The number of amides is 1. The van der Waals surface area contributed by atoms with E-state index in [9.17, 15) is 4.79 Å². The topological polar surface area (TPSA) is 64.5 Å². The van der Waals surface area contributed by atoms with Gasteiger partial charge in [-0.25, -0.2) is 4.98 Å². The number of carbonyl (C=O) groups is 1. The molecule has 152 valence electrons. The maximum atomic E-state index is 13.1. The highest BCUT2D eigenvalue weighted by Crippen LogP contribution is 2.32. The summed E-state index contributed by atoms with van der Waals surface area (Å²) in [4.78, 5) is 23.8. The summed E-state index contributed by atoms with van der Waals surface area (Å²) in [6.07, 6.45) is 1.96. The van der Waals surface area contributed by atoms with Crippen molar-refractivity contribution in [3.63, 3.8) is 0 Å². The lowest BCUT2D eigenvalue weighted by Crippen LogP contribution is -2.31. The average molecular weight is 420 g/mol. The van der Waals surface area contributed by atoms with E-state index in [1.54, 1.807) is 18.2 Å². The third-order valence-corrected chi connectivity index (χ3v) is 5.55. The number of para-hydroxylation sites is 1. The smallest absolute Gasteiger partial charge is 0.232 e. The highest BCUT2D eigenvalue weighted by atomic mass is 32.1. The molecule has 0 aliphatic carbocycles. The molecule has 2 heterocycles. The molecule has 0 fully saturated rings. The van der Waals surface area contributed by atoms with E-state index in [1.165, 1.54) is 11.3 Å². The number of pyridine rings is 1. The van der Waals surface area contributed by atoms with Crippen molar-refractivity contribution in [2.24, 2.45) is 0 Å². The Labute approximate surface area is 178 Å². The van der Waals surface area contributed by atoms with Gasteiger partial charge in [-0.15, -0.1) is 0 Å². The van der Waals surface area contributed by atoms with Gasteiger partial charge in [0, 0.05) is 12.3 Å². The quantitative estimate of drug-likeness (QED) is 0.414. The molecule has 0 bridgehead atoms. The largest absolute Gasteiger partial charge is 0.497 e. The van der Waals surface area contributed by atoms with E-state index in [4.69, 9.17) is 9.47 Å². The lowest BCUT2D eigenvalue weighted by Gasteiger charge is -2.19. The second-order valence-electron chi connectivity index (χ2n) is 6.54. The van der Waals surface area contributed by atoms with E-state index < -0.39 is 0 Å². The van der Waals surface area contributed by atoms with Crippen LogP contribution in [0.4, 0.5) is 5.13 Å². The number of rotatable bonds is 8. The summed E-state index contributed by atoms with van der Waals surface area (Å²) in [7, 11) is 1.62. The summed E-state index contributed by atoms with van der Waals surface area (Å²) in [5, 5.41) is 0.633. The summed E-state index contributed by atoms with van der Waals surface area (Å²) in [6.45, 7) is 0.641. The number of methoxy groups -OCH3 is 1. The molecule has 2 aromatic heterocycles. The van der Waals surface area contributed by atoms with E-state index in [-0.39, 0.29) is 12.3 Å². The van der Waals surface area contributed by atoms with Gasteiger partial charge >= 0.3 is 0 Å². The van der Waals surface area contributed by atoms with Gasteiger partial charge in [0.1, 0.15) is 11.5 Å². The molecule has 0 atom stereocenters. The van der Waals surface area contributed by atoms with Crippen molar-refractivity contribution in [1.29, 1.82) is 0 Å². The highest BCUT2D eigenvalue weighted by Gasteiger charge is 2.21. The van der Waals surface area contributed by atoms with E-state index >= 15 is 0 Å². The first kappa shape index (κ1) is 19.8. The van der Waals surface area contributed by atoms with Gasteiger partial charge in [0.25, 0.3) is 0 Å². The maximum Gasteiger partial charge on any atom is 0.232 e. The molecule has 0 radical (unpaired) electrons. The molecule has 4 aromatic rings. The molecular formula is C23H21N3O3S. The van der Waals surface area contributed by atoms with Gasteiger partial charge in [0.15, 0.2) is 5.13 Å². The molecule has 0 unspecified atom stereocenters. The van der Waals surface area contributed by atoms with Crippen LogP contribution >= 0.6 is 11.3 Å². The Morgan fingerprint density at radius 2 is 1.87 bits per heavy atom. The van der Waals surface area contributed by atoms with Crippen LogP contribution in [0.15, 0.2) is 72.9 Å². The monoisotopic (exact) mass is 419 g/mol. The van der Waals surface area contributed by atoms with Gasteiger partial charge in [0.05, 0.1) is 42.6 Å². The molecule has 1 amide bonds. The van der Waals surface area contributed by atoms with Crippen LogP contribution in [0.2, 0.25) is 0 Å². The van der Waals surface area contributed by atoms with Crippen LogP contribution in [-0.2, 0) is 11.3 Å². The van der Waals surface area contributed by atoms with Crippen LogP contribution in [0.25, 0.3) is 10.2 Å². The zero-order chi connectivity index (χ0) is 20.8. The lowest BCUT2D eigenvalue weighted by molar-refractivity contribution is -0.119. The number of hydrogen-bond acceptors (Lipinski definition) is 6. The lowest BCUT2D eigenvalue weighted by atomic mass is 10.3. The van der Waals surface area contributed by atoms with Gasteiger partial charge in [-0.2, -0.15) is 0 Å². The van der Waals surface area contributed by atoms with Crippen LogP contribution in [0.3, 0.4) is 0 Å². The van der Waals surface area contributed by atoms with Crippen LogP contribution in [0.5, 0.6) is 11.5 Å². The molecule has 0 saturated heterocycles. The third-order valence-electron chi connectivity index (χ3n) is 4.49. The minimum atomic E-state index is -0.0670. The maximum absolute atomic E-state index is 13.1. The SMILES string of the molecule is COc1ccc2sc(N(Cc3ccccn3)C(=O)CCOc3ccccc3)nc2c1. The molecule has 0 spiro atoms. The van der Waals surface area contributed by atoms with E-state index in [0.717, 1.165) is 27.4 Å². The minimum absolute atomic E-state index is 0.0670. The average Bonchev–Trinajstić information content (AvgIpc) is 3.21. The molecular weight excluding hydrogens is 398 g/mol. The van der Waals surface area contributed by atoms with Gasteiger partial charge in [-0.1, -0.05) is 35.6 Å². The van der Waals surface area contributed by atoms with E-state index in [0.29, 0.717) is 18.3 Å². The fourth-order valence-electron chi connectivity index (χ4n) is 2.96. The van der Waals surface area contributed by atoms with E-state index in [2.05, 4.69) is 9.97 Å². The Morgan fingerprint density at radius 1 is 1.03 bits per heavy atom. The Kier molecular flexibility index (Phi) is 6.20. The standard InChI is InChI=1S/C23H21N3O3S/c1-28-19-10-11-21-20(15-19)25-23(30-21)26(16-17-7-5-6-13-24-17)22(27)12-14-29-18-8-3-2-4-9-18/h2-11,13,15H,12,14,16H2,1H3. The zero-order valence-corrected chi connectivity index (χ0v) is 17.3. The van der Waals surface area contributed by atoms with Crippen LogP contribution < -0.4 is 14.4 Å². The predicted molar refractivity (Wildman–Crippen MR) is 118 cm³/mol. The number of ether oxygens (including phenoxy) is 2. The molecule has 2 aromatic carbocycles. The van der Waals surface area contributed by atoms with Crippen molar-refractivity contribution in [3.05, 3.63) is 78.6 Å². The van der Waals surface area contributed by atoms with Crippen molar-refractivity contribution in [2.45, 2.75) is 13.0 Å². The number of carbonyl (C=O) groups excluding carboxylic acids is 1. The Morgan fingerprint density at radius 3 is 2.63 bits per heavy atom. The van der Waals surface area contributed by atoms with Gasteiger partial charge < -0.3 is 9.47 Å². The fourth-order valence-corrected chi connectivity index (χ4v) is 3.92. The summed E-state index contributed by atoms with van der Waals surface area (Å²) < 4.78 is 12.0. The molecule has 0 N–H and O–H groups in total. The third kappa shape index (κ3) is 4.75. The first-order valence-electron chi connectivity index (χ1n) is 9.55. The number of anilines is 1. The van der Waals surface area contributed by atoms with Crippen molar-refractivity contribution < 1.29 is 14.3 Å². The molecule has 6 nitrogen and oxygen atoms in total. The number of thiazole rings is 1. The van der Waals surface area contributed by atoms with Gasteiger partial charge in [-0.05, 0) is 36.4 Å². The van der Waals surface area contributed by atoms with E-state index in [1.807, 2.05) is 66.7 Å². The summed E-state index contributed by atoms with van der Waals surface area (Å²) in [5.41, 5.74) is 1.60. The normalized spacial score (nSPS) is 10.7. The van der Waals surface area contributed by atoms with Crippen LogP contribution in [-0.4, -0.2) is 29.6 Å². The molecule has 0 saturated carbocycles. The number of nitrogens with zero attached hydrogens (tertiary/aromatic N) is 3. The summed E-state index contributed by atoms with van der Waals surface area (Å²) in [5.74, 6) is 1.41. The van der Waals surface area contributed by atoms with Crippen LogP contribution in [0, 0.1) is 0 Å². The fraction of sp³-hybridized carbons (Fsp3) is 0.174. The first-order valence-corrected chi connectivity index (χ1v) is 10.4. The van der Waals surface area contributed by atoms with Crippen molar-refractivity contribution in [3.8, 4) is 11.5 Å². The number of hydrogen-bond donors (Lipinski definition) is 0. The van der Waals surface area contributed by atoms with Crippen molar-refractivity contribution in [2.75, 3.05) is 18.6 Å². The van der Waals surface area contributed by atoms with Crippen molar-refractivity contribution >= 4 is 32.6 Å². The first-order chi connectivity index (χ1) is 14.7. The number of fused-ring (bicyclic) bond motifs is 1. The van der Waals surface area contributed by atoms with Gasteiger partial charge in [-0.3, -0.25) is 14.7 Å². The molecule has 7 heteroatoms. The Balaban J connectivity index is 1.55. The van der Waals surface area contributed by atoms with Gasteiger partial charge in [0.2, 0.25) is 5.91 Å². The second kappa shape index (κ2) is 9.37. The predicted octanol–water partition coefficient (Wildman–Crippen LogP) is 4.70. The summed E-state index contributed by atoms with van der Waals surface area (Å²) >= 11 is 1.47. The summed E-state index contributed by atoms with van der Waals surface area (Å²) in [6, 6.07) is 20.9. The molecule has 30 heavy (non-hydrogen) atoms. The Bertz CT molecular complexity index is 1120. The van der Waals surface area contributed by atoms with Crippen molar-refractivity contribution in [1.82, 2.24) is 9.97 Å². The molecule has 0 aliphatic rings. The molecule has 0 aliphatic heterocycles. The highest BCUT2D eigenvalue weighted by molar-refractivity contribution is 7.22.